The molecule has 1 aliphatic heterocycles. The Morgan fingerprint density at radius 2 is 1.10 bits per heavy atom. The molecule has 1 heterocycles. The van der Waals surface area contributed by atoms with E-state index < -0.39 is 60.3 Å². The summed E-state index contributed by atoms with van der Waals surface area (Å²) in [5.41, 5.74) is 30.0. The monoisotopic (exact) mass is 826 g/mol. The van der Waals surface area contributed by atoms with Crippen molar-refractivity contribution >= 4 is 23.4 Å². The Bertz CT molecular complexity index is 1130. The number of unbranched alkanes of at least 4 members (excludes halogenated alkanes) is 23. The highest BCUT2D eigenvalue weighted by atomic mass is 16.6. The summed E-state index contributed by atoms with van der Waals surface area (Å²) >= 11 is 0. The first-order valence-corrected chi connectivity index (χ1v) is 23.2. The van der Waals surface area contributed by atoms with Crippen molar-refractivity contribution in [1.29, 1.82) is 0 Å². The van der Waals surface area contributed by atoms with Crippen LogP contribution in [0.15, 0.2) is 4.99 Å². The first kappa shape index (κ1) is 53.8. The second-order valence-electron chi connectivity index (χ2n) is 16.8. The molecule has 0 radical (unpaired) electrons. The van der Waals surface area contributed by atoms with Crippen LogP contribution in [0.5, 0.6) is 0 Å². The minimum absolute atomic E-state index is 0.103. The van der Waals surface area contributed by atoms with Gasteiger partial charge in [-0.2, -0.15) is 0 Å². The Kier molecular flexibility index (Phi) is 30.2. The van der Waals surface area contributed by atoms with Gasteiger partial charge in [-0.15, -0.1) is 0 Å². The maximum atomic E-state index is 14.1. The van der Waals surface area contributed by atoms with E-state index in [-0.39, 0.29) is 37.8 Å². The van der Waals surface area contributed by atoms with Gasteiger partial charge in [0.15, 0.2) is 17.5 Å². The SMILES string of the molecule is CCCCCCCCCCCCCCCCCCN(C(=O)CCCCCCCCCCC)[C@]1(N)O[C@H](CO)[C@@H](O)[C@H](O)[C@H]1C(=O)C(N)C(=O)[C@@H](N)CCCN=C(N)N. The molecule has 1 amide bonds. The fourth-order valence-corrected chi connectivity index (χ4v) is 8.06. The highest BCUT2D eigenvalue weighted by Gasteiger charge is 2.60. The summed E-state index contributed by atoms with van der Waals surface area (Å²) in [7, 11) is 0. The molecule has 14 heteroatoms. The van der Waals surface area contributed by atoms with E-state index in [0.29, 0.717) is 19.3 Å². The minimum Gasteiger partial charge on any atom is -0.394 e. The first-order chi connectivity index (χ1) is 27.9. The molecule has 14 nitrogen and oxygen atoms in total. The van der Waals surface area contributed by atoms with Crippen LogP contribution in [0.4, 0.5) is 0 Å². The normalized spacial score (nSPS) is 21.7. The molecule has 1 rings (SSSR count). The molecule has 13 N–H and O–H groups in total. The first-order valence-electron chi connectivity index (χ1n) is 23.2. The molecular weight excluding hydrogens is 739 g/mol. The Morgan fingerprint density at radius 3 is 1.53 bits per heavy atom. The third-order valence-corrected chi connectivity index (χ3v) is 11.7. The number of carbonyl (C=O) groups is 3. The van der Waals surface area contributed by atoms with Crippen LogP contribution >= 0.6 is 0 Å². The Morgan fingerprint density at radius 1 is 0.672 bits per heavy atom. The van der Waals surface area contributed by atoms with Gasteiger partial charge in [-0.3, -0.25) is 25.1 Å². The number of aliphatic hydroxyl groups excluding tert-OH is 3. The second-order valence-corrected chi connectivity index (χ2v) is 16.8. The summed E-state index contributed by atoms with van der Waals surface area (Å²) in [5.74, 6) is -6.39. The van der Waals surface area contributed by atoms with Gasteiger partial charge in [0.25, 0.3) is 0 Å². The lowest BCUT2D eigenvalue weighted by atomic mass is 9.79. The lowest BCUT2D eigenvalue weighted by Crippen LogP contribution is -2.76. The maximum Gasteiger partial charge on any atom is 0.225 e. The van der Waals surface area contributed by atoms with Gasteiger partial charge in [0.1, 0.15) is 24.2 Å². The molecule has 0 saturated carbocycles. The Hall–Kier alpha value is -2.20. The van der Waals surface area contributed by atoms with Crippen molar-refractivity contribution < 1.29 is 34.4 Å². The average Bonchev–Trinajstić information content (AvgIpc) is 3.20. The number of hydrogen-bond acceptors (Lipinski definition) is 11. The van der Waals surface area contributed by atoms with E-state index in [1.54, 1.807) is 0 Å². The van der Waals surface area contributed by atoms with Gasteiger partial charge in [-0.1, -0.05) is 162 Å². The van der Waals surface area contributed by atoms with E-state index in [2.05, 4.69) is 18.8 Å². The molecule has 0 aromatic carbocycles. The van der Waals surface area contributed by atoms with Gasteiger partial charge in [0.05, 0.1) is 18.8 Å². The lowest BCUT2D eigenvalue weighted by Gasteiger charge is -2.53. The number of guanidine groups is 1. The second kappa shape index (κ2) is 32.6. The van der Waals surface area contributed by atoms with Crippen LogP contribution in [0.1, 0.15) is 194 Å². The molecular formula is C44H87N7O7. The summed E-state index contributed by atoms with van der Waals surface area (Å²) in [6.07, 6.45) is 24.0. The van der Waals surface area contributed by atoms with Crippen LogP contribution in [-0.2, 0) is 19.1 Å². The zero-order valence-corrected chi connectivity index (χ0v) is 36.6. The van der Waals surface area contributed by atoms with Crippen molar-refractivity contribution in [3.63, 3.8) is 0 Å². The predicted octanol–water partition coefficient (Wildman–Crippen LogP) is 5.19. The third kappa shape index (κ3) is 20.9. The topological polar surface area (TPSA) is 267 Å². The Labute approximate surface area is 351 Å². The van der Waals surface area contributed by atoms with Crippen molar-refractivity contribution in [2.75, 3.05) is 19.7 Å². The van der Waals surface area contributed by atoms with Crippen LogP contribution < -0.4 is 28.7 Å². The van der Waals surface area contributed by atoms with Gasteiger partial charge in [0, 0.05) is 19.5 Å². The summed E-state index contributed by atoms with van der Waals surface area (Å²) in [6, 6.07) is -2.97. The number of ketones is 2. The predicted molar refractivity (Wildman–Crippen MR) is 233 cm³/mol. The van der Waals surface area contributed by atoms with Crippen LogP contribution in [0.3, 0.4) is 0 Å². The number of aliphatic imine (C=N–C) groups is 1. The van der Waals surface area contributed by atoms with Crippen molar-refractivity contribution in [3.8, 4) is 0 Å². The van der Waals surface area contributed by atoms with Crippen LogP contribution in [0.2, 0.25) is 0 Å². The fraction of sp³-hybridized carbons (Fsp3) is 0.909. The molecule has 0 spiro atoms. The zero-order valence-electron chi connectivity index (χ0n) is 36.6. The minimum atomic E-state index is -2.30. The number of carbonyl (C=O) groups excluding carboxylic acids is 3. The van der Waals surface area contributed by atoms with E-state index >= 15 is 0 Å². The zero-order chi connectivity index (χ0) is 43.2. The van der Waals surface area contributed by atoms with Crippen molar-refractivity contribution in [2.45, 2.75) is 230 Å². The summed E-state index contributed by atoms with van der Waals surface area (Å²) in [4.78, 5) is 46.7. The third-order valence-electron chi connectivity index (χ3n) is 11.7. The largest absolute Gasteiger partial charge is 0.394 e. The number of rotatable bonds is 37. The molecule has 1 unspecified atom stereocenters. The number of nitrogens with zero attached hydrogens (tertiary/aromatic N) is 2. The van der Waals surface area contributed by atoms with Crippen molar-refractivity contribution in [3.05, 3.63) is 0 Å². The number of nitrogens with two attached hydrogens (primary N) is 5. The molecule has 7 atom stereocenters. The summed E-state index contributed by atoms with van der Waals surface area (Å²) < 4.78 is 6.05. The van der Waals surface area contributed by atoms with E-state index in [4.69, 9.17) is 33.4 Å². The highest BCUT2D eigenvalue weighted by Crippen LogP contribution is 2.36. The van der Waals surface area contributed by atoms with Crippen molar-refractivity contribution in [1.82, 2.24) is 4.90 Å². The summed E-state index contributed by atoms with van der Waals surface area (Å²) in [5, 5.41) is 32.5. The maximum absolute atomic E-state index is 14.1. The van der Waals surface area contributed by atoms with Gasteiger partial charge in [-0.05, 0) is 25.7 Å². The van der Waals surface area contributed by atoms with Crippen LogP contribution in [0, 0.1) is 5.92 Å². The Balaban J connectivity index is 2.99. The average molecular weight is 826 g/mol. The van der Waals surface area contributed by atoms with Gasteiger partial charge in [-0.25, -0.2) is 0 Å². The summed E-state index contributed by atoms with van der Waals surface area (Å²) in [6.45, 7) is 4.04. The highest BCUT2D eigenvalue weighted by molar-refractivity contribution is 6.09. The molecule has 340 valence electrons. The van der Waals surface area contributed by atoms with E-state index in [1.165, 1.54) is 101 Å². The molecule has 58 heavy (non-hydrogen) atoms. The van der Waals surface area contributed by atoms with Crippen LogP contribution in [0.25, 0.3) is 0 Å². The van der Waals surface area contributed by atoms with Gasteiger partial charge in [0.2, 0.25) is 11.8 Å². The quantitative estimate of drug-likeness (QED) is 0.0132. The number of amides is 1. The van der Waals surface area contributed by atoms with Gasteiger partial charge < -0.3 is 47.9 Å². The van der Waals surface area contributed by atoms with Crippen LogP contribution in [-0.4, -0.2) is 99.6 Å². The molecule has 1 saturated heterocycles. The fourth-order valence-electron chi connectivity index (χ4n) is 8.06. The van der Waals surface area contributed by atoms with E-state index in [1.807, 2.05) is 0 Å². The standard InChI is InChI=1S/C44H87N7O7/c1-3-5-7-9-11-13-14-15-16-17-18-19-21-23-25-27-32-51(36(53)30-26-24-22-20-12-10-8-6-4-2)44(49)37(42(57)40(55)35(33-52)58-44)41(56)38(46)39(54)34(45)29-28-31-50-43(47)48/h34-35,37-38,40,42,52,55,57H,3-33,45-46,49H2,1-2H3,(H4,47,48,50)/t34-,35+,37+,38?,40+,42+,44-/m0/s1. The van der Waals surface area contributed by atoms with E-state index in [0.717, 1.165) is 51.4 Å². The van der Waals surface area contributed by atoms with Gasteiger partial charge >= 0.3 is 0 Å². The lowest BCUT2D eigenvalue weighted by molar-refractivity contribution is -0.291. The number of Topliss-reactive ketones (excluding diaryl/α,β-unsaturated/α-hetero) is 2. The molecule has 0 aliphatic carbocycles. The molecule has 0 aromatic heterocycles. The molecule has 1 fully saturated rings. The molecule has 0 aromatic rings. The number of ether oxygens (including phenoxy) is 1. The molecule has 0 bridgehead atoms. The molecule has 1 aliphatic rings. The number of hydrogen-bond donors (Lipinski definition) is 8. The smallest absolute Gasteiger partial charge is 0.225 e. The number of aliphatic hydroxyl groups is 3. The van der Waals surface area contributed by atoms with Crippen molar-refractivity contribution in [2.24, 2.45) is 39.6 Å². The van der Waals surface area contributed by atoms with E-state index in [9.17, 15) is 29.7 Å².